The standard InChI is InChI=1S/C10H13N3O3S/c14-8(12-10-13-11-5-17-10)6-3-1-2-4-7(6)9(15)16/h5-7H,1-4H2,(H,15,16)(H,12,13,14)/p-1. The van der Waals surface area contributed by atoms with Crippen LogP contribution in [-0.4, -0.2) is 22.1 Å². The summed E-state index contributed by atoms with van der Waals surface area (Å²) in [5.74, 6) is -2.63. The van der Waals surface area contributed by atoms with Crippen LogP contribution < -0.4 is 10.4 Å². The van der Waals surface area contributed by atoms with Gasteiger partial charge in [0.2, 0.25) is 11.0 Å². The highest BCUT2D eigenvalue weighted by atomic mass is 32.1. The van der Waals surface area contributed by atoms with Gasteiger partial charge in [-0.05, 0) is 12.8 Å². The lowest BCUT2D eigenvalue weighted by atomic mass is 9.79. The Morgan fingerprint density at radius 3 is 2.65 bits per heavy atom. The van der Waals surface area contributed by atoms with Gasteiger partial charge in [-0.15, -0.1) is 10.2 Å². The SMILES string of the molecule is O=C([O-])C1CCCCC1C(=O)Nc1nncs1. The number of nitrogens with one attached hydrogen (secondary N) is 1. The largest absolute Gasteiger partial charge is 0.550 e. The van der Waals surface area contributed by atoms with Crippen molar-refractivity contribution < 1.29 is 14.7 Å². The molecule has 0 aliphatic heterocycles. The minimum atomic E-state index is -1.14. The van der Waals surface area contributed by atoms with E-state index in [4.69, 9.17) is 0 Å². The topological polar surface area (TPSA) is 95.0 Å². The number of carbonyl (C=O) groups excluding carboxylic acids is 2. The molecule has 2 unspecified atom stereocenters. The summed E-state index contributed by atoms with van der Waals surface area (Å²) < 4.78 is 0. The monoisotopic (exact) mass is 254 g/mol. The number of hydrogen-bond donors (Lipinski definition) is 1. The van der Waals surface area contributed by atoms with Crippen LogP contribution in [0.5, 0.6) is 0 Å². The molecular formula is C10H12N3O3S-. The van der Waals surface area contributed by atoms with E-state index in [0.29, 0.717) is 18.0 Å². The van der Waals surface area contributed by atoms with Gasteiger partial charge in [-0.1, -0.05) is 24.2 Å². The average Bonchev–Trinajstić information content (AvgIpc) is 2.81. The van der Waals surface area contributed by atoms with Gasteiger partial charge in [-0.3, -0.25) is 4.79 Å². The highest BCUT2D eigenvalue weighted by Gasteiger charge is 2.32. The van der Waals surface area contributed by atoms with E-state index in [-0.39, 0.29) is 5.91 Å². The van der Waals surface area contributed by atoms with E-state index in [2.05, 4.69) is 15.5 Å². The molecule has 1 heterocycles. The molecule has 1 aromatic heterocycles. The molecule has 0 radical (unpaired) electrons. The zero-order chi connectivity index (χ0) is 12.3. The van der Waals surface area contributed by atoms with E-state index in [9.17, 15) is 14.7 Å². The van der Waals surface area contributed by atoms with Crippen molar-refractivity contribution in [3.8, 4) is 0 Å². The number of amides is 1. The van der Waals surface area contributed by atoms with Gasteiger partial charge < -0.3 is 15.2 Å². The van der Waals surface area contributed by atoms with Crippen molar-refractivity contribution in [1.82, 2.24) is 10.2 Å². The van der Waals surface area contributed by atoms with E-state index in [1.165, 1.54) is 16.8 Å². The van der Waals surface area contributed by atoms with Crippen molar-refractivity contribution in [2.75, 3.05) is 5.32 Å². The summed E-state index contributed by atoms with van der Waals surface area (Å²) in [5, 5.41) is 21.2. The van der Waals surface area contributed by atoms with E-state index < -0.39 is 17.8 Å². The Kier molecular flexibility index (Phi) is 3.68. The zero-order valence-electron chi connectivity index (χ0n) is 9.09. The lowest BCUT2D eigenvalue weighted by Crippen LogP contribution is -2.42. The van der Waals surface area contributed by atoms with Gasteiger partial charge in [0.1, 0.15) is 5.51 Å². The lowest BCUT2D eigenvalue weighted by molar-refractivity contribution is -0.313. The molecule has 1 aromatic rings. The number of hydrogen-bond acceptors (Lipinski definition) is 6. The molecule has 1 N–H and O–H groups in total. The maximum absolute atomic E-state index is 11.9. The van der Waals surface area contributed by atoms with Crippen LogP contribution in [0.25, 0.3) is 0 Å². The van der Waals surface area contributed by atoms with Crippen LogP contribution in [0.3, 0.4) is 0 Å². The van der Waals surface area contributed by atoms with E-state index in [1.54, 1.807) is 0 Å². The Bertz CT molecular complexity index is 407. The van der Waals surface area contributed by atoms with Crippen LogP contribution in [0, 0.1) is 11.8 Å². The summed E-state index contributed by atoms with van der Waals surface area (Å²) in [4.78, 5) is 22.9. The second kappa shape index (κ2) is 5.22. The van der Waals surface area contributed by atoms with Crippen LogP contribution in [-0.2, 0) is 9.59 Å². The minimum absolute atomic E-state index is 0.296. The van der Waals surface area contributed by atoms with Crippen LogP contribution in [0.4, 0.5) is 5.13 Å². The Morgan fingerprint density at radius 1 is 1.35 bits per heavy atom. The molecule has 7 heteroatoms. The number of rotatable bonds is 3. The summed E-state index contributed by atoms with van der Waals surface area (Å²) in [7, 11) is 0. The number of carboxylic acids is 1. The van der Waals surface area contributed by atoms with Crippen molar-refractivity contribution in [3.05, 3.63) is 5.51 Å². The molecule has 1 aliphatic carbocycles. The average molecular weight is 254 g/mol. The van der Waals surface area contributed by atoms with Crippen LogP contribution in [0.1, 0.15) is 25.7 Å². The molecule has 17 heavy (non-hydrogen) atoms. The smallest absolute Gasteiger partial charge is 0.229 e. The summed E-state index contributed by atoms with van der Waals surface area (Å²) in [6.45, 7) is 0. The molecule has 6 nitrogen and oxygen atoms in total. The number of anilines is 1. The molecular weight excluding hydrogens is 242 g/mol. The second-order valence-corrected chi connectivity index (χ2v) is 4.88. The van der Waals surface area contributed by atoms with Gasteiger partial charge in [0.05, 0.1) is 0 Å². The molecule has 92 valence electrons. The number of carboxylic acid groups (broad SMARTS) is 1. The molecule has 0 spiro atoms. The molecule has 1 saturated carbocycles. The van der Waals surface area contributed by atoms with Crippen LogP contribution in [0.2, 0.25) is 0 Å². The molecule has 0 saturated heterocycles. The summed E-state index contributed by atoms with van der Waals surface area (Å²) >= 11 is 1.21. The maximum atomic E-state index is 11.9. The molecule has 1 amide bonds. The predicted octanol–water partition coefficient (Wildman–Crippen LogP) is 0.0329. The van der Waals surface area contributed by atoms with E-state index in [1.807, 2.05) is 0 Å². The molecule has 2 atom stereocenters. The molecule has 0 aromatic carbocycles. The van der Waals surface area contributed by atoms with Gasteiger partial charge >= 0.3 is 0 Å². The van der Waals surface area contributed by atoms with Crippen LogP contribution >= 0.6 is 11.3 Å². The zero-order valence-corrected chi connectivity index (χ0v) is 9.90. The predicted molar refractivity (Wildman–Crippen MR) is 59.0 cm³/mol. The normalized spacial score (nSPS) is 24.2. The first-order valence-corrected chi connectivity index (χ1v) is 6.34. The molecule has 1 aliphatic rings. The van der Waals surface area contributed by atoms with Gasteiger partial charge in [0, 0.05) is 17.8 Å². The molecule has 2 rings (SSSR count). The minimum Gasteiger partial charge on any atom is -0.550 e. The molecule has 1 fully saturated rings. The quantitative estimate of drug-likeness (QED) is 0.821. The highest BCUT2D eigenvalue weighted by Crippen LogP contribution is 2.30. The fraction of sp³-hybridized carbons (Fsp3) is 0.600. The van der Waals surface area contributed by atoms with Crippen molar-refractivity contribution in [3.63, 3.8) is 0 Å². The Morgan fingerprint density at radius 2 is 2.06 bits per heavy atom. The summed E-state index contributed by atoms with van der Waals surface area (Å²) in [6, 6.07) is 0. The summed E-state index contributed by atoms with van der Waals surface area (Å²) in [5.41, 5.74) is 1.51. The Hall–Kier alpha value is -1.50. The van der Waals surface area contributed by atoms with Gasteiger partial charge in [0.15, 0.2) is 0 Å². The summed E-state index contributed by atoms with van der Waals surface area (Å²) in [6.07, 6.45) is 2.80. The van der Waals surface area contributed by atoms with Crippen molar-refractivity contribution in [2.24, 2.45) is 11.8 Å². The van der Waals surface area contributed by atoms with E-state index >= 15 is 0 Å². The number of carbonyl (C=O) groups is 2. The first-order valence-electron chi connectivity index (χ1n) is 5.46. The second-order valence-electron chi connectivity index (χ2n) is 4.05. The maximum Gasteiger partial charge on any atom is 0.229 e. The van der Waals surface area contributed by atoms with Crippen molar-refractivity contribution in [1.29, 1.82) is 0 Å². The van der Waals surface area contributed by atoms with Gasteiger partial charge in [-0.2, -0.15) is 0 Å². The first-order chi connectivity index (χ1) is 8.18. The number of nitrogens with zero attached hydrogens (tertiary/aromatic N) is 2. The molecule has 0 bridgehead atoms. The van der Waals surface area contributed by atoms with Crippen LogP contribution in [0.15, 0.2) is 5.51 Å². The number of aliphatic carboxylic acids is 1. The van der Waals surface area contributed by atoms with Gasteiger partial charge in [0.25, 0.3) is 0 Å². The highest BCUT2D eigenvalue weighted by molar-refractivity contribution is 7.13. The Balaban J connectivity index is 2.03. The van der Waals surface area contributed by atoms with Gasteiger partial charge in [-0.25, -0.2) is 0 Å². The third-order valence-electron chi connectivity index (χ3n) is 3.00. The third-order valence-corrected chi connectivity index (χ3v) is 3.60. The van der Waals surface area contributed by atoms with Crippen molar-refractivity contribution in [2.45, 2.75) is 25.7 Å². The fourth-order valence-electron chi connectivity index (χ4n) is 2.15. The number of aromatic nitrogens is 2. The van der Waals surface area contributed by atoms with E-state index in [0.717, 1.165) is 12.8 Å². The lowest BCUT2D eigenvalue weighted by Gasteiger charge is -2.30. The Labute approximate surface area is 102 Å². The first kappa shape index (κ1) is 12.0. The van der Waals surface area contributed by atoms with Crippen molar-refractivity contribution >= 4 is 28.3 Å². The third kappa shape index (κ3) is 2.79. The fourth-order valence-corrected chi connectivity index (χ4v) is 2.60.